The van der Waals surface area contributed by atoms with Gasteiger partial charge in [-0.15, -0.1) is 0 Å². The van der Waals surface area contributed by atoms with Crippen molar-refractivity contribution in [3.63, 3.8) is 0 Å². The molecular formula is C11H13FN2O5S. The molecule has 0 fully saturated rings. The number of amides is 1. The first-order chi connectivity index (χ1) is 9.19. The quantitative estimate of drug-likeness (QED) is 0.630. The fourth-order valence-electron chi connectivity index (χ4n) is 1.44. The average molecular weight is 304 g/mol. The van der Waals surface area contributed by atoms with Crippen molar-refractivity contribution >= 4 is 21.9 Å². The van der Waals surface area contributed by atoms with E-state index in [2.05, 4.69) is 0 Å². The highest BCUT2D eigenvalue weighted by Gasteiger charge is 2.25. The van der Waals surface area contributed by atoms with Gasteiger partial charge in [0.1, 0.15) is 11.9 Å². The summed E-state index contributed by atoms with van der Waals surface area (Å²) in [7, 11) is -4.00. The standard InChI is InChI=1S/C11H13FN2O5S/c12-8-3-1-7(2-4-8)6-20(18,19)14-9(11(16)17)5-10(13)15/h1-4,9,14H,5-6H2,(H2,13,15)(H,16,17)/t9-/m0/s1. The zero-order valence-corrected chi connectivity index (χ0v) is 11.1. The Hall–Kier alpha value is -2.00. The van der Waals surface area contributed by atoms with E-state index >= 15 is 0 Å². The summed E-state index contributed by atoms with van der Waals surface area (Å²) in [6, 6.07) is 3.07. The minimum atomic E-state index is -4.00. The van der Waals surface area contributed by atoms with Gasteiger partial charge in [-0.05, 0) is 17.7 Å². The highest BCUT2D eigenvalue weighted by molar-refractivity contribution is 7.88. The lowest BCUT2D eigenvalue weighted by Crippen LogP contribution is -2.43. The minimum Gasteiger partial charge on any atom is -0.480 e. The number of carboxylic acids is 1. The van der Waals surface area contributed by atoms with Crippen LogP contribution in [0.5, 0.6) is 0 Å². The van der Waals surface area contributed by atoms with Crippen molar-refractivity contribution in [2.24, 2.45) is 5.73 Å². The molecule has 0 aliphatic carbocycles. The van der Waals surface area contributed by atoms with Gasteiger partial charge < -0.3 is 10.8 Å². The van der Waals surface area contributed by atoms with E-state index in [1.165, 1.54) is 12.1 Å². The lowest BCUT2D eigenvalue weighted by Gasteiger charge is -2.13. The molecule has 9 heteroatoms. The van der Waals surface area contributed by atoms with Gasteiger partial charge in [0.15, 0.2) is 0 Å². The van der Waals surface area contributed by atoms with Crippen LogP contribution in [0, 0.1) is 5.82 Å². The molecule has 0 aliphatic heterocycles. The topological polar surface area (TPSA) is 127 Å². The summed E-state index contributed by atoms with van der Waals surface area (Å²) in [6.07, 6.45) is -0.655. The number of nitrogens with two attached hydrogens (primary N) is 1. The Kier molecular flexibility index (Phi) is 5.17. The van der Waals surface area contributed by atoms with Gasteiger partial charge in [0.05, 0.1) is 12.2 Å². The van der Waals surface area contributed by atoms with Crippen molar-refractivity contribution in [1.29, 1.82) is 0 Å². The molecule has 1 aromatic carbocycles. The first-order valence-electron chi connectivity index (χ1n) is 5.45. The number of benzene rings is 1. The molecular weight excluding hydrogens is 291 g/mol. The maximum Gasteiger partial charge on any atom is 0.322 e. The first-order valence-corrected chi connectivity index (χ1v) is 7.10. The van der Waals surface area contributed by atoms with E-state index in [0.29, 0.717) is 0 Å². The molecule has 0 saturated heterocycles. The number of halogens is 1. The lowest BCUT2D eigenvalue weighted by atomic mass is 10.2. The molecule has 0 heterocycles. The van der Waals surface area contributed by atoms with Gasteiger partial charge >= 0.3 is 5.97 Å². The second-order valence-electron chi connectivity index (χ2n) is 4.06. The number of carboxylic acid groups (broad SMARTS) is 1. The molecule has 0 bridgehead atoms. The summed E-state index contributed by atoms with van der Waals surface area (Å²) in [4.78, 5) is 21.5. The van der Waals surface area contributed by atoms with Crippen LogP contribution in [0.15, 0.2) is 24.3 Å². The molecule has 20 heavy (non-hydrogen) atoms. The number of carbonyl (C=O) groups is 2. The maximum atomic E-state index is 12.7. The number of carbonyl (C=O) groups excluding carboxylic acids is 1. The van der Waals surface area contributed by atoms with Crippen molar-refractivity contribution in [2.45, 2.75) is 18.2 Å². The van der Waals surface area contributed by atoms with Crippen LogP contribution in [0.3, 0.4) is 0 Å². The van der Waals surface area contributed by atoms with Crippen LogP contribution in [-0.2, 0) is 25.4 Å². The fourth-order valence-corrected chi connectivity index (χ4v) is 2.77. The second kappa shape index (κ2) is 6.44. The van der Waals surface area contributed by atoms with Crippen LogP contribution < -0.4 is 10.5 Å². The first kappa shape index (κ1) is 16.1. The Labute approximate surface area is 114 Å². The summed E-state index contributed by atoms with van der Waals surface area (Å²) >= 11 is 0. The summed E-state index contributed by atoms with van der Waals surface area (Å²) < 4.78 is 38.1. The van der Waals surface area contributed by atoms with Crippen LogP contribution in [0.25, 0.3) is 0 Å². The van der Waals surface area contributed by atoms with Crippen molar-refractivity contribution in [2.75, 3.05) is 0 Å². The smallest absolute Gasteiger partial charge is 0.322 e. The van der Waals surface area contributed by atoms with Gasteiger partial charge in [-0.25, -0.2) is 17.5 Å². The van der Waals surface area contributed by atoms with E-state index in [1.54, 1.807) is 0 Å². The number of hydrogen-bond donors (Lipinski definition) is 3. The zero-order chi connectivity index (χ0) is 15.3. The average Bonchev–Trinajstić information content (AvgIpc) is 2.30. The molecule has 0 spiro atoms. The molecule has 0 aliphatic rings. The Bertz CT molecular complexity index is 600. The third-order valence-electron chi connectivity index (χ3n) is 2.30. The van der Waals surface area contributed by atoms with E-state index < -0.39 is 45.9 Å². The van der Waals surface area contributed by atoms with Crippen molar-refractivity contribution in [1.82, 2.24) is 4.72 Å². The van der Waals surface area contributed by atoms with E-state index in [0.717, 1.165) is 12.1 Å². The largest absolute Gasteiger partial charge is 0.480 e. The number of rotatable bonds is 7. The number of primary amides is 1. The Balaban J connectivity index is 2.79. The van der Waals surface area contributed by atoms with Crippen molar-refractivity contribution in [3.8, 4) is 0 Å². The normalized spacial score (nSPS) is 12.8. The highest BCUT2D eigenvalue weighted by Crippen LogP contribution is 2.08. The molecule has 0 saturated carbocycles. The van der Waals surface area contributed by atoms with Gasteiger partial charge in [0.2, 0.25) is 15.9 Å². The summed E-state index contributed by atoms with van der Waals surface area (Å²) in [5.74, 6) is -3.50. The molecule has 1 rings (SSSR count). The van der Waals surface area contributed by atoms with Crippen LogP contribution in [0.1, 0.15) is 12.0 Å². The fraction of sp³-hybridized carbons (Fsp3) is 0.273. The summed E-state index contributed by atoms with van der Waals surface area (Å²) in [6.45, 7) is 0. The molecule has 1 aromatic rings. The van der Waals surface area contributed by atoms with Gasteiger partial charge in [-0.2, -0.15) is 0 Å². The van der Waals surface area contributed by atoms with Gasteiger partial charge in [-0.1, -0.05) is 12.1 Å². The number of sulfonamides is 1. The van der Waals surface area contributed by atoms with E-state index in [-0.39, 0.29) is 5.56 Å². The number of nitrogens with one attached hydrogen (secondary N) is 1. The maximum absolute atomic E-state index is 12.7. The third kappa shape index (κ3) is 5.33. The van der Waals surface area contributed by atoms with Crippen molar-refractivity contribution < 1.29 is 27.5 Å². The predicted molar refractivity (Wildman–Crippen MR) is 67.4 cm³/mol. The molecule has 0 unspecified atom stereocenters. The lowest BCUT2D eigenvalue weighted by molar-refractivity contribution is -0.140. The predicted octanol–water partition coefficient (Wildman–Crippen LogP) is -0.426. The molecule has 1 atom stereocenters. The third-order valence-corrected chi connectivity index (χ3v) is 3.65. The second-order valence-corrected chi connectivity index (χ2v) is 5.82. The highest BCUT2D eigenvalue weighted by atomic mass is 32.2. The van der Waals surface area contributed by atoms with E-state index in [4.69, 9.17) is 10.8 Å². The number of hydrogen-bond acceptors (Lipinski definition) is 4. The molecule has 0 radical (unpaired) electrons. The SMILES string of the molecule is NC(=O)C[C@H](NS(=O)(=O)Cc1ccc(F)cc1)C(=O)O. The number of aliphatic carboxylic acids is 1. The Morgan fingerprint density at radius 3 is 2.30 bits per heavy atom. The van der Waals surface area contributed by atoms with Gasteiger partial charge in [-0.3, -0.25) is 9.59 Å². The van der Waals surface area contributed by atoms with Crippen LogP contribution in [-0.4, -0.2) is 31.4 Å². The monoisotopic (exact) mass is 304 g/mol. The van der Waals surface area contributed by atoms with Crippen LogP contribution >= 0.6 is 0 Å². The summed E-state index contributed by atoms with van der Waals surface area (Å²) in [5, 5.41) is 8.80. The van der Waals surface area contributed by atoms with Crippen LogP contribution in [0.2, 0.25) is 0 Å². The van der Waals surface area contributed by atoms with Crippen molar-refractivity contribution in [3.05, 3.63) is 35.6 Å². The minimum absolute atomic E-state index is 0.280. The zero-order valence-electron chi connectivity index (χ0n) is 10.2. The molecule has 4 N–H and O–H groups in total. The molecule has 7 nitrogen and oxygen atoms in total. The van der Waals surface area contributed by atoms with Crippen LogP contribution in [0.4, 0.5) is 4.39 Å². The van der Waals surface area contributed by atoms with E-state index in [9.17, 15) is 22.4 Å². The Morgan fingerprint density at radius 2 is 1.85 bits per heavy atom. The van der Waals surface area contributed by atoms with E-state index in [1.807, 2.05) is 4.72 Å². The van der Waals surface area contributed by atoms with Gasteiger partial charge in [0, 0.05) is 0 Å². The summed E-state index contributed by atoms with van der Waals surface area (Å²) in [5.41, 5.74) is 5.12. The van der Waals surface area contributed by atoms with Gasteiger partial charge in [0.25, 0.3) is 0 Å². The molecule has 110 valence electrons. The molecule has 1 amide bonds. The molecule has 0 aromatic heterocycles. The Morgan fingerprint density at radius 1 is 1.30 bits per heavy atom.